The monoisotopic (exact) mass is 422 g/mol. The van der Waals surface area contributed by atoms with Crippen LogP contribution in [0.25, 0.3) is 0 Å². The molecule has 1 aromatic rings. The number of nitrogens with zero attached hydrogens (tertiary/aromatic N) is 1. The second-order valence-corrected chi connectivity index (χ2v) is 10.5. The van der Waals surface area contributed by atoms with Crippen molar-refractivity contribution in [1.82, 2.24) is 9.62 Å². The molecule has 0 aromatic heterocycles. The van der Waals surface area contributed by atoms with Gasteiger partial charge in [-0.2, -0.15) is 4.31 Å². The highest BCUT2D eigenvalue weighted by Crippen LogP contribution is 2.24. The molecule has 0 saturated carbocycles. The number of carbonyl (C=O) groups is 1. The van der Waals surface area contributed by atoms with Crippen LogP contribution in [0.3, 0.4) is 0 Å². The first-order valence-electron chi connectivity index (χ1n) is 11.1. The predicted molar refractivity (Wildman–Crippen MR) is 115 cm³/mol. The van der Waals surface area contributed by atoms with Crippen molar-refractivity contribution >= 4 is 15.9 Å². The zero-order valence-corrected chi connectivity index (χ0v) is 18.7. The van der Waals surface area contributed by atoms with Gasteiger partial charge in [0, 0.05) is 31.6 Å². The molecule has 1 amide bonds. The van der Waals surface area contributed by atoms with Crippen LogP contribution in [0.4, 0.5) is 0 Å². The number of quaternary nitrogens is 1. The Bertz CT molecular complexity index is 804. The standard InChI is InChI=1S/C22H35N3O3S/c1-18-10-11-20(17-21(18)29(27,28)25-15-5-3-6-16-25)22(26)23-12-8-14-24-13-7-4-9-19(24)2/h10-11,17,19H,3-9,12-16H2,1-2H3,(H,23,26)/p+1/t19-/m1/s1. The Balaban J connectivity index is 1.59. The largest absolute Gasteiger partial charge is 0.352 e. The summed E-state index contributed by atoms with van der Waals surface area (Å²) in [6, 6.07) is 5.72. The van der Waals surface area contributed by atoms with E-state index in [9.17, 15) is 13.2 Å². The highest BCUT2D eigenvalue weighted by atomic mass is 32.2. The molecular weight excluding hydrogens is 386 g/mol. The smallest absolute Gasteiger partial charge is 0.251 e. The lowest BCUT2D eigenvalue weighted by atomic mass is 10.0. The van der Waals surface area contributed by atoms with E-state index in [0.717, 1.165) is 32.2 Å². The normalized spacial score (nSPS) is 23.7. The first-order valence-corrected chi connectivity index (χ1v) is 12.6. The first-order chi connectivity index (χ1) is 13.9. The molecule has 0 spiro atoms. The molecule has 0 aliphatic carbocycles. The van der Waals surface area contributed by atoms with E-state index in [1.807, 2.05) is 0 Å². The molecule has 7 heteroatoms. The molecule has 1 unspecified atom stereocenters. The molecule has 29 heavy (non-hydrogen) atoms. The van der Waals surface area contributed by atoms with Gasteiger partial charge in [-0.25, -0.2) is 8.42 Å². The van der Waals surface area contributed by atoms with Crippen molar-refractivity contribution in [1.29, 1.82) is 0 Å². The molecule has 162 valence electrons. The SMILES string of the molecule is Cc1ccc(C(=O)NCCC[NH+]2CCCC[C@H]2C)cc1S(=O)(=O)N1CCCCC1. The average Bonchev–Trinajstić information content (AvgIpc) is 2.73. The Morgan fingerprint density at radius 2 is 1.93 bits per heavy atom. The Kier molecular flexibility index (Phi) is 7.71. The number of sulfonamides is 1. The van der Waals surface area contributed by atoms with Crippen LogP contribution in [0.15, 0.2) is 23.1 Å². The van der Waals surface area contributed by atoms with Crippen molar-refractivity contribution in [2.45, 2.75) is 69.7 Å². The first kappa shape index (κ1) is 22.2. The van der Waals surface area contributed by atoms with E-state index in [4.69, 9.17) is 0 Å². The van der Waals surface area contributed by atoms with E-state index in [1.165, 1.54) is 25.8 Å². The number of hydrogen-bond acceptors (Lipinski definition) is 3. The van der Waals surface area contributed by atoms with Crippen molar-refractivity contribution in [3.05, 3.63) is 29.3 Å². The minimum Gasteiger partial charge on any atom is -0.352 e. The minimum atomic E-state index is -3.54. The fourth-order valence-electron chi connectivity index (χ4n) is 4.51. The van der Waals surface area contributed by atoms with Crippen molar-refractivity contribution in [3.63, 3.8) is 0 Å². The van der Waals surface area contributed by atoms with Gasteiger partial charge in [-0.05, 0) is 63.6 Å². The molecule has 1 aromatic carbocycles. The number of rotatable bonds is 7. The van der Waals surface area contributed by atoms with Crippen molar-refractivity contribution in [3.8, 4) is 0 Å². The second-order valence-electron chi connectivity index (χ2n) is 8.61. The minimum absolute atomic E-state index is 0.193. The van der Waals surface area contributed by atoms with Gasteiger partial charge in [-0.15, -0.1) is 0 Å². The summed E-state index contributed by atoms with van der Waals surface area (Å²) in [7, 11) is -3.54. The number of nitrogens with one attached hydrogen (secondary N) is 2. The number of benzene rings is 1. The zero-order chi connectivity index (χ0) is 20.9. The van der Waals surface area contributed by atoms with Crippen LogP contribution in [0.2, 0.25) is 0 Å². The zero-order valence-electron chi connectivity index (χ0n) is 17.9. The Morgan fingerprint density at radius 3 is 2.66 bits per heavy atom. The third kappa shape index (κ3) is 5.58. The third-order valence-corrected chi connectivity index (χ3v) is 8.47. The Hall–Kier alpha value is -1.44. The van der Waals surface area contributed by atoms with Gasteiger partial charge < -0.3 is 10.2 Å². The van der Waals surface area contributed by atoms with Gasteiger partial charge in [0.1, 0.15) is 0 Å². The summed E-state index contributed by atoms with van der Waals surface area (Å²) in [4.78, 5) is 14.5. The predicted octanol–water partition coefficient (Wildman–Crippen LogP) is 1.75. The van der Waals surface area contributed by atoms with Gasteiger partial charge in [-0.3, -0.25) is 4.79 Å². The maximum Gasteiger partial charge on any atom is 0.251 e. The van der Waals surface area contributed by atoms with Crippen LogP contribution in [0.1, 0.15) is 67.8 Å². The van der Waals surface area contributed by atoms with Crippen LogP contribution in [-0.2, 0) is 10.0 Å². The van der Waals surface area contributed by atoms with E-state index in [2.05, 4.69) is 12.2 Å². The van der Waals surface area contributed by atoms with Crippen LogP contribution in [0, 0.1) is 6.92 Å². The maximum atomic E-state index is 13.0. The Labute approximate surface area is 175 Å². The molecule has 0 radical (unpaired) electrons. The number of hydrogen-bond donors (Lipinski definition) is 2. The van der Waals surface area contributed by atoms with E-state index < -0.39 is 10.0 Å². The lowest BCUT2D eigenvalue weighted by molar-refractivity contribution is -0.928. The van der Waals surface area contributed by atoms with Crippen LogP contribution in [-0.4, -0.2) is 57.4 Å². The Morgan fingerprint density at radius 1 is 1.17 bits per heavy atom. The van der Waals surface area contributed by atoms with Gasteiger partial charge in [-0.1, -0.05) is 12.5 Å². The molecule has 2 atom stereocenters. The molecule has 2 N–H and O–H groups in total. The molecule has 2 saturated heterocycles. The molecule has 2 aliphatic heterocycles. The van der Waals surface area contributed by atoms with Crippen LogP contribution in [0.5, 0.6) is 0 Å². The van der Waals surface area contributed by atoms with Gasteiger partial charge in [0.2, 0.25) is 10.0 Å². The highest BCUT2D eigenvalue weighted by molar-refractivity contribution is 7.89. The summed E-state index contributed by atoms with van der Waals surface area (Å²) < 4.78 is 27.6. The molecule has 0 bridgehead atoms. The summed E-state index contributed by atoms with van der Waals surface area (Å²) in [6.07, 6.45) is 7.73. The number of likely N-dealkylation sites (tertiary alicyclic amines) is 1. The third-order valence-electron chi connectivity index (χ3n) is 6.43. The maximum absolute atomic E-state index is 13.0. The van der Waals surface area contributed by atoms with E-state index in [-0.39, 0.29) is 10.8 Å². The summed E-state index contributed by atoms with van der Waals surface area (Å²) in [5.41, 5.74) is 1.11. The lowest BCUT2D eigenvalue weighted by Gasteiger charge is -2.30. The topological polar surface area (TPSA) is 70.9 Å². The highest BCUT2D eigenvalue weighted by Gasteiger charge is 2.28. The molecular formula is C22H36N3O3S+. The fourth-order valence-corrected chi connectivity index (χ4v) is 6.28. The average molecular weight is 423 g/mol. The quantitative estimate of drug-likeness (QED) is 0.658. The fraction of sp³-hybridized carbons (Fsp3) is 0.682. The number of amides is 1. The molecule has 3 rings (SSSR count). The summed E-state index contributed by atoms with van der Waals surface area (Å²) >= 11 is 0. The second kappa shape index (κ2) is 10.0. The van der Waals surface area contributed by atoms with Crippen LogP contribution >= 0.6 is 0 Å². The van der Waals surface area contributed by atoms with Crippen molar-refractivity contribution in [2.75, 3.05) is 32.7 Å². The number of piperidine rings is 2. The van der Waals surface area contributed by atoms with Crippen LogP contribution < -0.4 is 10.2 Å². The van der Waals surface area contributed by atoms with Crippen molar-refractivity contribution < 1.29 is 18.1 Å². The molecule has 6 nitrogen and oxygen atoms in total. The van der Waals surface area contributed by atoms with E-state index >= 15 is 0 Å². The van der Waals surface area contributed by atoms with E-state index in [0.29, 0.717) is 36.8 Å². The van der Waals surface area contributed by atoms with Gasteiger partial charge >= 0.3 is 0 Å². The molecule has 2 fully saturated rings. The summed E-state index contributed by atoms with van der Waals surface area (Å²) in [5.74, 6) is -0.193. The number of carbonyl (C=O) groups excluding carboxylic acids is 1. The number of aryl methyl sites for hydroxylation is 1. The molecule has 2 aliphatic rings. The van der Waals surface area contributed by atoms with Crippen molar-refractivity contribution in [2.24, 2.45) is 0 Å². The summed E-state index contributed by atoms with van der Waals surface area (Å²) in [6.45, 7) is 8.15. The van der Waals surface area contributed by atoms with Gasteiger partial charge in [0.25, 0.3) is 5.91 Å². The van der Waals surface area contributed by atoms with Gasteiger partial charge in [0.15, 0.2) is 0 Å². The summed E-state index contributed by atoms with van der Waals surface area (Å²) in [5, 5.41) is 2.97. The molecule has 2 heterocycles. The van der Waals surface area contributed by atoms with E-state index in [1.54, 1.807) is 34.3 Å². The van der Waals surface area contributed by atoms with Gasteiger partial charge in [0.05, 0.1) is 24.0 Å². The lowest BCUT2D eigenvalue weighted by Crippen LogP contribution is -3.16.